The van der Waals surface area contributed by atoms with E-state index >= 15 is 0 Å². The highest BCUT2D eigenvalue weighted by atomic mass is 19.1. The maximum Gasteiger partial charge on any atom is 0.410 e. The number of hydrogen-bond donors (Lipinski definition) is 1. The van der Waals surface area contributed by atoms with Crippen LogP contribution in [0.4, 0.5) is 9.18 Å². The Bertz CT molecular complexity index is 960. The summed E-state index contributed by atoms with van der Waals surface area (Å²) < 4.78 is 20.6. The molecule has 2 fully saturated rings. The molecule has 8 heteroatoms. The lowest BCUT2D eigenvalue weighted by molar-refractivity contribution is 0.0562. The van der Waals surface area contributed by atoms with Gasteiger partial charge in [0.05, 0.1) is 17.1 Å². The molecule has 2 aliphatic heterocycles. The minimum Gasteiger partial charge on any atom is -0.447 e. The number of fused-ring (bicyclic) bond motifs is 1. The second kappa shape index (κ2) is 7.48. The van der Waals surface area contributed by atoms with Gasteiger partial charge in [0.1, 0.15) is 5.82 Å². The van der Waals surface area contributed by atoms with Gasteiger partial charge in [-0.3, -0.25) is 9.47 Å². The van der Waals surface area contributed by atoms with Crippen molar-refractivity contribution in [1.29, 1.82) is 0 Å². The maximum atomic E-state index is 13.5. The molecule has 0 aliphatic carbocycles. The smallest absolute Gasteiger partial charge is 0.410 e. The number of nitrogens with one attached hydrogen (secondary N) is 1. The maximum absolute atomic E-state index is 13.5. The largest absolute Gasteiger partial charge is 0.447 e. The molecule has 1 N–H and O–H groups in total. The first-order valence-corrected chi connectivity index (χ1v) is 10.4. The molecule has 0 spiro atoms. The fourth-order valence-corrected chi connectivity index (χ4v) is 4.76. The van der Waals surface area contributed by atoms with E-state index in [4.69, 9.17) is 4.74 Å². The van der Waals surface area contributed by atoms with Crippen LogP contribution in [0.5, 0.6) is 0 Å². The number of imidazole rings is 1. The molecule has 4 rings (SSSR count). The fraction of sp³-hybridized carbons (Fsp3) is 0.619. The van der Waals surface area contributed by atoms with Crippen LogP contribution in [0.15, 0.2) is 23.0 Å². The number of aromatic nitrogens is 2. The third kappa shape index (κ3) is 3.77. The summed E-state index contributed by atoms with van der Waals surface area (Å²) in [4.78, 5) is 31.7. The van der Waals surface area contributed by atoms with Gasteiger partial charge in [0.25, 0.3) is 0 Å². The van der Waals surface area contributed by atoms with E-state index < -0.39 is 0 Å². The summed E-state index contributed by atoms with van der Waals surface area (Å²) in [7, 11) is 0. The zero-order chi connectivity index (χ0) is 20.8. The topological polar surface area (TPSA) is 70.6 Å². The number of hydrogen-bond acceptors (Lipinski definition) is 4. The van der Waals surface area contributed by atoms with Crippen LogP contribution in [0, 0.1) is 5.82 Å². The first-order chi connectivity index (χ1) is 13.8. The molecular formula is C21H29FN4O3. The van der Waals surface area contributed by atoms with Gasteiger partial charge in [0.2, 0.25) is 0 Å². The molecule has 2 saturated heterocycles. The molecule has 2 aromatic rings. The monoisotopic (exact) mass is 404 g/mol. The molecule has 3 heterocycles. The Morgan fingerprint density at radius 3 is 2.69 bits per heavy atom. The third-order valence-electron chi connectivity index (χ3n) is 6.32. The Kier molecular flexibility index (Phi) is 5.14. The second-order valence-electron chi connectivity index (χ2n) is 8.78. The van der Waals surface area contributed by atoms with E-state index in [0.29, 0.717) is 18.6 Å². The summed E-state index contributed by atoms with van der Waals surface area (Å²) in [5, 5.41) is 0. The van der Waals surface area contributed by atoms with Crippen LogP contribution in [-0.4, -0.2) is 63.3 Å². The van der Waals surface area contributed by atoms with Gasteiger partial charge in [-0.1, -0.05) is 0 Å². The number of likely N-dealkylation sites (tertiary alicyclic amines) is 2. The standard InChI is InChI=1S/C21H29FN4O3/c1-14(2)29-20(28)24-11-8-21(3,13-24)25-9-6-16(7-10-25)26-18-5-4-15(22)12-17(18)23-19(26)27/h4-5,12,14,16H,6-11,13H2,1-3H3,(H,23,27). The molecule has 0 radical (unpaired) electrons. The van der Waals surface area contributed by atoms with Crippen LogP contribution >= 0.6 is 0 Å². The van der Waals surface area contributed by atoms with E-state index in [2.05, 4.69) is 16.8 Å². The Morgan fingerprint density at radius 1 is 1.28 bits per heavy atom. The van der Waals surface area contributed by atoms with Crippen molar-refractivity contribution < 1.29 is 13.9 Å². The summed E-state index contributed by atoms with van der Waals surface area (Å²) >= 11 is 0. The minimum absolute atomic E-state index is 0.0741. The van der Waals surface area contributed by atoms with Crippen molar-refractivity contribution in [3.63, 3.8) is 0 Å². The van der Waals surface area contributed by atoms with Crippen LogP contribution in [0.1, 0.15) is 46.1 Å². The summed E-state index contributed by atoms with van der Waals surface area (Å²) in [6, 6.07) is 4.52. The summed E-state index contributed by atoms with van der Waals surface area (Å²) in [5.41, 5.74) is 1.04. The molecule has 2 aliphatic rings. The molecule has 0 bridgehead atoms. The van der Waals surface area contributed by atoms with Gasteiger partial charge in [-0.15, -0.1) is 0 Å². The van der Waals surface area contributed by atoms with Crippen molar-refractivity contribution >= 4 is 17.1 Å². The van der Waals surface area contributed by atoms with Crippen LogP contribution in [0.3, 0.4) is 0 Å². The molecular weight excluding hydrogens is 375 g/mol. The van der Waals surface area contributed by atoms with E-state index in [1.165, 1.54) is 12.1 Å². The number of carbonyl (C=O) groups is 1. The van der Waals surface area contributed by atoms with Gasteiger partial charge >= 0.3 is 11.8 Å². The molecule has 1 aromatic carbocycles. The van der Waals surface area contributed by atoms with Crippen LogP contribution < -0.4 is 5.69 Å². The predicted molar refractivity (Wildman–Crippen MR) is 109 cm³/mol. The van der Waals surface area contributed by atoms with Crippen molar-refractivity contribution in [1.82, 2.24) is 19.4 Å². The lowest BCUT2D eigenvalue weighted by Gasteiger charge is -2.43. The van der Waals surface area contributed by atoms with E-state index in [-0.39, 0.29) is 35.3 Å². The summed E-state index contributed by atoms with van der Waals surface area (Å²) in [5.74, 6) is -0.351. The van der Waals surface area contributed by atoms with Crippen LogP contribution in [0.2, 0.25) is 0 Å². The van der Waals surface area contributed by atoms with Gasteiger partial charge in [-0.05, 0) is 58.2 Å². The molecule has 7 nitrogen and oxygen atoms in total. The average molecular weight is 404 g/mol. The number of amides is 1. The predicted octanol–water partition coefficient (Wildman–Crippen LogP) is 3.12. The number of nitrogens with zero attached hydrogens (tertiary/aromatic N) is 3. The van der Waals surface area contributed by atoms with Crippen LogP contribution in [0.25, 0.3) is 11.0 Å². The second-order valence-corrected chi connectivity index (χ2v) is 8.78. The minimum atomic E-state index is -0.351. The van der Waals surface area contributed by atoms with Gasteiger partial charge in [-0.25, -0.2) is 14.0 Å². The number of ether oxygens (including phenoxy) is 1. The Balaban J connectivity index is 1.43. The first kappa shape index (κ1) is 19.9. The van der Waals surface area contributed by atoms with E-state index in [9.17, 15) is 14.0 Å². The third-order valence-corrected chi connectivity index (χ3v) is 6.32. The highest BCUT2D eigenvalue weighted by Gasteiger charge is 2.42. The van der Waals surface area contributed by atoms with E-state index in [0.717, 1.165) is 37.9 Å². The number of carbonyl (C=O) groups excluding carboxylic acids is 1. The van der Waals surface area contributed by atoms with Gasteiger partial charge in [0, 0.05) is 37.8 Å². The number of aromatic amines is 1. The van der Waals surface area contributed by atoms with Crippen molar-refractivity contribution in [2.24, 2.45) is 0 Å². The number of halogens is 1. The highest BCUT2D eigenvalue weighted by Crippen LogP contribution is 2.34. The van der Waals surface area contributed by atoms with Gasteiger partial charge in [0.15, 0.2) is 0 Å². The van der Waals surface area contributed by atoms with Gasteiger partial charge < -0.3 is 14.6 Å². The number of piperidine rings is 1. The van der Waals surface area contributed by atoms with E-state index in [1.54, 1.807) is 15.5 Å². The Labute approximate surface area is 169 Å². The molecule has 0 saturated carbocycles. The Hall–Kier alpha value is -2.35. The highest BCUT2D eigenvalue weighted by molar-refractivity contribution is 5.75. The van der Waals surface area contributed by atoms with Crippen molar-refractivity contribution in [2.75, 3.05) is 26.2 Å². The fourth-order valence-electron chi connectivity index (χ4n) is 4.76. The number of rotatable bonds is 3. The van der Waals surface area contributed by atoms with Crippen molar-refractivity contribution in [3.05, 3.63) is 34.5 Å². The van der Waals surface area contributed by atoms with Crippen molar-refractivity contribution in [2.45, 2.75) is 57.7 Å². The lowest BCUT2D eigenvalue weighted by Crippen LogP contribution is -2.52. The zero-order valence-corrected chi connectivity index (χ0v) is 17.3. The quantitative estimate of drug-likeness (QED) is 0.853. The first-order valence-electron chi connectivity index (χ1n) is 10.4. The molecule has 29 heavy (non-hydrogen) atoms. The summed E-state index contributed by atoms with van der Waals surface area (Å²) in [6.45, 7) is 9.00. The van der Waals surface area contributed by atoms with Crippen LogP contribution in [-0.2, 0) is 4.74 Å². The lowest BCUT2D eigenvalue weighted by atomic mass is 9.94. The molecule has 158 valence electrons. The number of H-pyrrole nitrogens is 1. The molecule has 1 unspecified atom stereocenters. The average Bonchev–Trinajstić information content (AvgIpc) is 3.21. The normalized spacial score (nSPS) is 24.0. The van der Waals surface area contributed by atoms with Crippen molar-refractivity contribution in [3.8, 4) is 0 Å². The zero-order valence-electron chi connectivity index (χ0n) is 17.3. The number of benzene rings is 1. The Morgan fingerprint density at radius 2 is 2.00 bits per heavy atom. The van der Waals surface area contributed by atoms with Gasteiger partial charge in [-0.2, -0.15) is 0 Å². The molecule has 1 aromatic heterocycles. The van der Waals surface area contributed by atoms with E-state index in [1.807, 2.05) is 13.8 Å². The molecule has 1 atom stereocenters. The molecule has 1 amide bonds. The SMILES string of the molecule is CC(C)OC(=O)N1CCC(C)(N2CCC(n3c(=O)[nH]c4cc(F)ccc43)CC2)C1. The summed E-state index contributed by atoms with van der Waals surface area (Å²) in [6.07, 6.45) is 2.24.